The van der Waals surface area contributed by atoms with Gasteiger partial charge in [-0.3, -0.25) is 9.52 Å². The van der Waals surface area contributed by atoms with Crippen LogP contribution in [0.5, 0.6) is 0 Å². The van der Waals surface area contributed by atoms with Crippen LogP contribution >= 0.6 is 34.5 Å². The monoisotopic (exact) mass is 531 g/mol. The average molecular weight is 532 g/mol. The standard InChI is InChI=1S/C24H19Cl2N3O3S2/c1-3-13-29-21-19(25)11-12-20(26)22(21)33-24(29)27-23(30)16-5-4-6-17(14-16)28-34(31,32)18-9-7-15(2)8-10-18/h3-12,14,28H,1,13H2,2H3. The molecule has 0 saturated carbocycles. The predicted molar refractivity (Wildman–Crippen MR) is 138 cm³/mol. The van der Waals surface area contributed by atoms with Gasteiger partial charge < -0.3 is 4.57 Å². The van der Waals surface area contributed by atoms with Gasteiger partial charge >= 0.3 is 0 Å². The molecule has 0 saturated heterocycles. The van der Waals surface area contributed by atoms with Crippen molar-refractivity contribution in [3.8, 4) is 0 Å². The van der Waals surface area contributed by atoms with Crippen molar-refractivity contribution in [1.29, 1.82) is 0 Å². The van der Waals surface area contributed by atoms with Crippen LogP contribution in [0.4, 0.5) is 5.69 Å². The number of hydrogen-bond donors (Lipinski definition) is 1. The van der Waals surface area contributed by atoms with Crippen LogP contribution in [0.15, 0.2) is 83.2 Å². The van der Waals surface area contributed by atoms with Crippen LogP contribution in [0.3, 0.4) is 0 Å². The molecule has 34 heavy (non-hydrogen) atoms. The minimum atomic E-state index is -3.81. The van der Waals surface area contributed by atoms with Gasteiger partial charge in [-0.2, -0.15) is 4.99 Å². The number of aryl methyl sites for hydroxylation is 1. The molecule has 0 unspecified atom stereocenters. The van der Waals surface area contributed by atoms with E-state index in [0.717, 1.165) is 5.56 Å². The lowest BCUT2D eigenvalue weighted by Crippen LogP contribution is -2.17. The number of halogens is 2. The van der Waals surface area contributed by atoms with Gasteiger partial charge in [0.1, 0.15) is 0 Å². The van der Waals surface area contributed by atoms with Crippen LogP contribution in [0, 0.1) is 6.92 Å². The van der Waals surface area contributed by atoms with Gasteiger partial charge in [0.15, 0.2) is 4.80 Å². The normalized spacial score (nSPS) is 12.1. The summed E-state index contributed by atoms with van der Waals surface area (Å²) in [6.07, 6.45) is 1.67. The van der Waals surface area contributed by atoms with E-state index in [2.05, 4.69) is 16.3 Å². The maximum absolute atomic E-state index is 13.0. The Balaban J connectivity index is 1.71. The fraction of sp³-hybridized carbons (Fsp3) is 0.0833. The molecular formula is C24H19Cl2N3O3S2. The van der Waals surface area contributed by atoms with Crippen molar-refractivity contribution in [3.63, 3.8) is 0 Å². The number of fused-ring (bicyclic) bond motifs is 1. The molecule has 0 aliphatic heterocycles. The third-order valence-corrected chi connectivity index (χ3v) is 8.17. The van der Waals surface area contributed by atoms with Gasteiger partial charge in [-0.05, 0) is 49.4 Å². The van der Waals surface area contributed by atoms with Crippen molar-refractivity contribution < 1.29 is 13.2 Å². The number of nitrogens with one attached hydrogen (secondary N) is 1. The Labute approximate surface area is 210 Å². The number of carbonyl (C=O) groups is 1. The molecule has 0 bridgehead atoms. The second kappa shape index (κ2) is 9.76. The summed E-state index contributed by atoms with van der Waals surface area (Å²) in [5.74, 6) is -0.534. The molecular weight excluding hydrogens is 513 g/mol. The zero-order valence-electron chi connectivity index (χ0n) is 18.0. The maximum atomic E-state index is 13.0. The molecule has 1 aromatic heterocycles. The second-order valence-corrected chi connectivity index (χ2v) is 10.9. The lowest BCUT2D eigenvalue weighted by Gasteiger charge is -2.09. The second-order valence-electron chi connectivity index (χ2n) is 7.41. The van der Waals surface area contributed by atoms with E-state index in [9.17, 15) is 13.2 Å². The molecule has 0 aliphatic rings. The fourth-order valence-corrected chi connectivity index (χ4v) is 6.00. The summed E-state index contributed by atoms with van der Waals surface area (Å²) >= 11 is 13.9. The molecule has 4 aromatic rings. The number of anilines is 1. The summed E-state index contributed by atoms with van der Waals surface area (Å²) in [6.45, 7) is 6.02. The third kappa shape index (κ3) is 4.95. The molecule has 4 rings (SSSR count). The first kappa shape index (κ1) is 24.2. The summed E-state index contributed by atoms with van der Waals surface area (Å²) in [7, 11) is -3.81. The Hall–Kier alpha value is -2.91. The van der Waals surface area contributed by atoms with Crippen LogP contribution < -0.4 is 9.52 Å². The van der Waals surface area contributed by atoms with Gasteiger partial charge in [0.2, 0.25) is 0 Å². The van der Waals surface area contributed by atoms with Crippen LogP contribution in [-0.4, -0.2) is 18.9 Å². The minimum Gasteiger partial charge on any atom is -0.311 e. The minimum absolute atomic E-state index is 0.129. The van der Waals surface area contributed by atoms with Gasteiger partial charge in [-0.15, -0.1) is 6.58 Å². The summed E-state index contributed by atoms with van der Waals surface area (Å²) in [6, 6.07) is 16.0. The predicted octanol–water partition coefficient (Wildman–Crippen LogP) is 6.05. The fourth-order valence-electron chi connectivity index (χ4n) is 3.29. The van der Waals surface area contributed by atoms with Crippen molar-refractivity contribution in [2.75, 3.05) is 4.72 Å². The molecule has 6 nitrogen and oxygen atoms in total. The largest absolute Gasteiger partial charge is 0.311 e. The highest BCUT2D eigenvalue weighted by Crippen LogP contribution is 2.32. The van der Waals surface area contributed by atoms with E-state index in [4.69, 9.17) is 23.2 Å². The first-order valence-corrected chi connectivity index (χ1v) is 13.1. The number of benzene rings is 3. The topological polar surface area (TPSA) is 80.5 Å². The maximum Gasteiger partial charge on any atom is 0.279 e. The zero-order chi connectivity index (χ0) is 24.5. The Bertz CT molecular complexity index is 1590. The highest BCUT2D eigenvalue weighted by Gasteiger charge is 2.16. The molecule has 174 valence electrons. The zero-order valence-corrected chi connectivity index (χ0v) is 21.1. The van der Waals surface area contributed by atoms with Crippen LogP contribution in [0.25, 0.3) is 10.2 Å². The van der Waals surface area contributed by atoms with Gasteiger partial charge in [-0.1, -0.05) is 64.4 Å². The third-order valence-electron chi connectivity index (χ3n) is 4.93. The number of hydrogen-bond acceptors (Lipinski definition) is 4. The van der Waals surface area contributed by atoms with E-state index in [-0.39, 0.29) is 16.1 Å². The molecule has 0 radical (unpaired) electrons. The summed E-state index contributed by atoms with van der Waals surface area (Å²) < 4.78 is 30.4. The summed E-state index contributed by atoms with van der Waals surface area (Å²) in [5.41, 5.74) is 2.10. The Morgan fingerprint density at radius 2 is 1.82 bits per heavy atom. The van der Waals surface area contributed by atoms with Gasteiger partial charge in [0, 0.05) is 17.8 Å². The van der Waals surface area contributed by atoms with Crippen molar-refractivity contribution in [1.82, 2.24) is 4.57 Å². The number of thiazole rings is 1. The van der Waals surface area contributed by atoms with Gasteiger partial charge in [0.05, 0.1) is 25.2 Å². The summed E-state index contributed by atoms with van der Waals surface area (Å²) in [4.78, 5) is 17.8. The average Bonchev–Trinajstić information content (AvgIpc) is 3.16. The molecule has 3 aromatic carbocycles. The van der Waals surface area contributed by atoms with E-state index in [1.54, 1.807) is 53.1 Å². The van der Waals surface area contributed by atoms with E-state index >= 15 is 0 Å². The van der Waals surface area contributed by atoms with Crippen molar-refractivity contribution in [2.24, 2.45) is 4.99 Å². The lowest BCUT2D eigenvalue weighted by atomic mass is 10.2. The van der Waals surface area contributed by atoms with Crippen molar-refractivity contribution in [3.05, 3.63) is 99.3 Å². The quantitative estimate of drug-likeness (QED) is 0.307. The summed E-state index contributed by atoms with van der Waals surface area (Å²) in [5, 5.41) is 0.988. The van der Waals surface area contributed by atoms with E-state index in [1.807, 2.05) is 6.92 Å². The first-order valence-electron chi connectivity index (χ1n) is 10.1. The van der Waals surface area contributed by atoms with Crippen LogP contribution in [-0.2, 0) is 16.6 Å². The number of aromatic nitrogens is 1. The highest BCUT2D eigenvalue weighted by molar-refractivity contribution is 7.92. The number of sulfonamides is 1. The molecule has 0 fully saturated rings. The van der Waals surface area contributed by atoms with Gasteiger partial charge in [0.25, 0.3) is 15.9 Å². The van der Waals surface area contributed by atoms with E-state index < -0.39 is 15.9 Å². The molecule has 0 spiro atoms. The number of nitrogens with zero attached hydrogens (tertiary/aromatic N) is 2. The van der Waals surface area contributed by atoms with Crippen LogP contribution in [0.2, 0.25) is 10.0 Å². The number of amides is 1. The van der Waals surface area contributed by atoms with Gasteiger partial charge in [-0.25, -0.2) is 8.42 Å². The molecule has 1 N–H and O–H groups in total. The smallest absolute Gasteiger partial charge is 0.279 e. The number of allylic oxidation sites excluding steroid dienone is 1. The highest BCUT2D eigenvalue weighted by atomic mass is 35.5. The molecule has 0 atom stereocenters. The Morgan fingerprint density at radius 1 is 1.12 bits per heavy atom. The van der Waals surface area contributed by atoms with E-state index in [0.29, 0.717) is 31.6 Å². The molecule has 1 heterocycles. The Kier molecular flexibility index (Phi) is 6.95. The van der Waals surface area contributed by atoms with Crippen molar-refractivity contribution >= 4 is 66.4 Å². The SMILES string of the molecule is C=CCn1c(=NC(=O)c2cccc(NS(=O)(=O)c3ccc(C)cc3)c2)sc2c(Cl)ccc(Cl)c21. The molecule has 0 aliphatic carbocycles. The van der Waals surface area contributed by atoms with Crippen molar-refractivity contribution in [2.45, 2.75) is 18.4 Å². The Morgan fingerprint density at radius 3 is 2.53 bits per heavy atom. The van der Waals surface area contributed by atoms with Crippen LogP contribution in [0.1, 0.15) is 15.9 Å². The number of rotatable bonds is 6. The number of carbonyl (C=O) groups excluding carboxylic acids is 1. The van der Waals surface area contributed by atoms with E-state index in [1.165, 1.54) is 29.5 Å². The molecule has 1 amide bonds. The lowest BCUT2D eigenvalue weighted by molar-refractivity contribution is 0.0998. The molecule has 10 heteroatoms. The first-order chi connectivity index (χ1) is 16.2.